The number of hydrogen-bond acceptors (Lipinski definition) is 7. The molecule has 31 heavy (non-hydrogen) atoms. The third-order valence-electron chi connectivity index (χ3n) is 5.36. The van der Waals surface area contributed by atoms with E-state index in [4.69, 9.17) is 14.2 Å². The number of amides is 1. The second kappa shape index (κ2) is 7.84. The van der Waals surface area contributed by atoms with Crippen molar-refractivity contribution < 1.29 is 23.8 Å². The third kappa shape index (κ3) is 4.14. The Kier molecular flexibility index (Phi) is 5.47. The minimum absolute atomic E-state index is 0.1000. The van der Waals surface area contributed by atoms with Gasteiger partial charge in [0.1, 0.15) is 11.6 Å². The van der Waals surface area contributed by atoms with Crippen LogP contribution < -0.4 is 20.1 Å². The van der Waals surface area contributed by atoms with E-state index in [1.165, 1.54) is 11.3 Å². The molecule has 1 aromatic carbocycles. The summed E-state index contributed by atoms with van der Waals surface area (Å²) in [4.78, 5) is 27.0. The van der Waals surface area contributed by atoms with E-state index in [2.05, 4.69) is 38.3 Å². The zero-order chi connectivity index (χ0) is 22.4. The van der Waals surface area contributed by atoms with Gasteiger partial charge in [-0.2, -0.15) is 0 Å². The Bertz CT molecular complexity index is 1030. The SMILES string of the molecule is CCOC(=O)c1c(NC(=O)[C@@H]2COc3ccccc3O2)sc2c1CC(C)(C)NC2(C)C. The first-order chi connectivity index (χ1) is 14.6. The molecule has 0 saturated heterocycles. The molecule has 2 aliphatic heterocycles. The Morgan fingerprint density at radius 2 is 1.94 bits per heavy atom. The Morgan fingerprint density at radius 1 is 1.23 bits per heavy atom. The molecule has 1 aromatic heterocycles. The zero-order valence-corrected chi connectivity index (χ0v) is 19.3. The summed E-state index contributed by atoms with van der Waals surface area (Å²) in [5.41, 5.74) is 0.813. The van der Waals surface area contributed by atoms with Crippen molar-refractivity contribution in [2.24, 2.45) is 0 Å². The van der Waals surface area contributed by atoms with Gasteiger partial charge in [-0.05, 0) is 58.7 Å². The smallest absolute Gasteiger partial charge is 0.341 e. The average molecular weight is 445 g/mol. The molecule has 166 valence electrons. The van der Waals surface area contributed by atoms with E-state index in [1.807, 2.05) is 12.1 Å². The molecular formula is C23H28N2O5S. The molecule has 0 bridgehead atoms. The largest absolute Gasteiger partial charge is 0.485 e. The minimum Gasteiger partial charge on any atom is -0.485 e. The number of esters is 1. The van der Waals surface area contributed by atoms with Gasteiger partial charge in [-0.3, -0.25) is 4.79 Å². The van der Waals surface area contributed by atoms with Crippen molar-refractivity contribution in [1.29, 1.82) is 0 Å². The van der Waals surface area contributed by atoms with Gasteiger partial charge < -0.3 is 24.8 Å². The Hall–Kier alpha value is -2.58. The van der Waals surface area contributed by atoms with Crippen LogP contribution in [0.1, 0.15) is 55.4 Å². The third-order valence-corrected chi connectivity index (χ3v) is 6.83. The highest BCUT2D eigenvalue weighted by Gasteiger charge is 2.42. The fourth-order valence-electron chi connectivity index (χ4n) is 4.38. The van der Waals surface area contributed by atoms with Gasteiger partial charge in [-0.1, -0.05) is 12.1 Å². The van der Waals surface area contributed by atoms with Crippen molar-refractivity contribution in [3.8, 4) is 11.5 Å². The lowest BCUT2D eigenvalue weighted by atomic mass is 9.81. The molecule has 0 spiro atoms. The van der Waals surface area contributed by atoms with E-state index in [1.54, 1.807) is 19.1 Å². The van der Waals surface area contributed by atoms with Gasteiger partial charge in [0.25, 0.3) is 5.91 Å². The maximum absolute atomic E-state index is 13.0. The van der Waals surface area contributed by atoms with Crippen LogP contribution in [0.5, 0.6) is 11.5 Å². The normalized spacial score (nSPS) is 20.5. The highest BCUT2D eigenvalue weighted by atomic mass is 32.1. The van der Waals surface area contributed by atoms with Gasteiger partial charge in [0.15, 0.2) is 11.5 Å². The lowest BCUT2D eigenvalue weighted by Gasteiger charge is -2.42. The number of rotatable bonds is 4. The van der Waals surface area contributed by atoms with E-state index in [0.29, 0.717) is 28.5 Å². The average Bonchev–Trinajstić information content (AvgIpc) is 3.04. The molecule has 2 aliphatic rings. The van der Waals surface area contributed by atoms with Crippen LogP contribution in [-0.4, -0.2) is 36.7 Å². The number of para-hydroxylation sites is 2. The number of ether oxygens (including phenoxy) is 3. The molecule has 2 N–H and O–H groups in total. The van der Waals surface area contributed by atoms with Crippen LogP contribution in [0.2, 0.25) is 0 Å². The van der Waals surface area contributed by atoms with Crippen LogP contribution in [0.25, 0.3) is 0 Å². The molecule has 1 atom stereocenters. The van der Waals surface area contributed by atoms with Crippen LogP contribution in [0, 0.1) is 0 Å². The van der Waals surface area contributed by atoms with Crippen LogP contribution in [0.3, 0.4) is 0 Å². The van der Waals surface area contributed by atoms with Crippen molar-refractivity contribution in [3.05, 3.63) is 40.3 Å². The molecule has 0 radical (unpaired) electrons. The van der Waals surface area contributed by atoms with Crippen LogP contribution >= 0.6 is 11.3 Å². The summed E-state index contributed by atoms with van der Waals surface area (Å²) in [6, 6.07) is 7.23. The summed E-state index contributed by atoms with van der Waals surface area (Å²) in [5, 5.41) is 7.04. The number of carbonyl (C=O) groups is 2. The molecule has 7 nitrogen and oxygen atoms in total. The van der Waals surface area contributed by atoms with Crippen molar-refractivity contribution in [3.63, 3.8) is 0 Å². The van der Waals surface area contributed by atoms with Crippen molar-refractivity contribution in [2.45, 2.75) is 58.2 Å². The molecule has 8 heteroatoms. The molecule has 3 heterocycles. The van der Waals surface area contributed by atoms with Gasteiger partial charge in [0.2, 0.25) is 6.10 Å². The van der Waals surface area contributed by atoms with Gasteiger partial charge >= 0.3 is 5.97 Å². The number of thiophene rings is 1. The quantitative estimate of drug-likeness (QED) is 0.697. The van der Waals surface area contributed by atoms with Crippen molar-refractivity contribution in [2.75, 3.05) is 18.5 Å². The topological polar surface area (TPSA) is 85.9 Å². The predicted octanol–water partition coefficient (Wildman–Crippen LogP) is 3.86. The number of fused-ring (bicyclic) bond motifs is 2. The first kappa shape index (κ1) is 21.6. The van der Waals surface area contributed by atoms with Gasteiger partial charge in [0.05, 0.1) is 12.2 Å². The standard InChI is InChI=1S/C23H28N2O5S/c1-6-28-21(27)17-13-11-22(2,3)25-23(4,5)18(13)31-20(17)24-19(26)16-12-29-14-9-7-8-10-15(14)30-16/h7-10,16,25H,6,11-12H2,1-5H3,(H,24,26)/t16-/m0/s1. The summed E-state index contributed by atoms with van der Waals surface area (Å²) in [6.07, 6.45) is -0.158. The van der Waals surface area contributed by atoms with Gasteiger partial charge in [-0.15, -0.1) is 11.3 Å². The highest BCUT2D eigenvalue weighted by Crippen LogP contribution is 2.45. The second-order valence-corrected chi connectivity index (χ2v) is 10.0. The molecule has 1 amide bonds. The van der Waals surface area contributed by atoms with E-state index >= 15 is 0 Å². The monoisotopic (exact) mass is 444 g/mol. The number of benzene rings is 1. The summed E-state index contributed by atoms with van der Waals surface area (Å²) in [5.74, 6) is 0.358. The summed E-state index contributed by atoms with van der Waals surface area (Å²) >= 11 is 1.41. The van der Waals surface area contributed by atoms with E-state index in [-0.39, 0.29) is 30.2 Å². The maximum Gasteiger partial charge on any atom is 0.341 e. The first-order valence-corrected chi connectivity index (χ1v) is 11.2. The highest BCUT2D eigenvalue weighted by molar-refractivity contribution is 7.17. The first-order valence-electron chi connectivity index (χ1n) is 10.4. The van der Waals surface area contributed by atoms with E-state index < -0.39 is 12.1 Å². The van der Waals surface area contributed by atoms with E-state index in [0.717, 1.165) is 10.4 Å². The summed E-state index contributed by atoms with van der Waals surface area (Å²) in [6.45, 7) is 10.5. The minimum atomic E-state index is -0.813. The lowest BCUT2D eigenvalue weighted by Crippen LogP contribution is -2.55. The Balaban J connectivity index is 1.66. The predicted molar refractivity (Wildman–Crippen MR) is 119 cm³/mol. The molecule has 0 saturated carbocycles. The number of carbonyl (C=O) groups excluding carboxylic acids is 2. The Labute approximate surface area is 186 Å². The fraction of sp³-hybridized carbons (Fsp3) is 0.478. The molecule has 0 unspecified atom stereocenters. The fourth-order valence-corrected chi connectivity index (χ4v) is 5.64. The molecular weight excluding hydrogens is 416 g/mol. The number of hydrogen-bond donors (Lipinski definition) is 2. The van der Waals surface area contributed by atoms with Crippen LogP contribution in [-0.2, 0) is 21.5 Å². The second-order valence-electron chi connectivity index (χ2n) is 9.00. The summed E-state index contributed by atoms with van der Waals surface area (Å²) in [7, 11) is 0. The Morgan fingerprint density at radius 3 is 2.65 bits per heavy atom. The molecule has 0 aliphatic carbocycles. The van der Waals surface area contributed by atoms with Crippen molar-refractivity contribution >= 4 is 28.2 Å². The maximum atomic E-state index is 13.0. The van der Waals surface area contributed by atoms with Gasteiger partial charge in [-0.25, -0.2) is 4.79 Å². The van der Waals surface area contributed by atoms with Crippen LogP contribution in [0.4, 0.5) is 5.00 Å². The van der Waals surface area contributed by atoms with E-state index in [9.17, 15) is 9.59 Å². The molecule has 0 fully saturated rings. The number of anilines is 1. The molecule has 2 aromatic rings. The lowest BCUT2D eigenvalue weighted by molar-refractivity contribution is -0.125. The zero-order valence-electron chi connectivity index (χ0n) is 18.5. The van der Waals surface area contributed by atoms with Crippen molar-refractivity contribution in [1.82, 2.24) is 5.32 Å². The van der Waals surface area contributed by atoms with Gasteiger partial charge in [0, 0.05) is 16.0 Å². The number of nitrogens with one attached hydrogen (secondary N) is 2. The van der Waals surface area contributed by atoms with Crippen LogP contribution in [0.15, 0.2) is 24.3 Å². The molecule has 4 rings (SSSR count). The summed E-state index contributed by atoms with van der Waals surface area (Å²) < 4.78 is 16.8.